The Balaban J connectivity index is 2.03. The van der Waals surface area contributed by atoms with Gasteiger partial charge in [-0.15, -0.1) is 10.1 Å². The Labute approximate surface area is 183 Å². The molecule has 1 aromatic rings. The van der Waals surface area contributed by atoms with E-state index in [4.69, 9.17) is 21.1 Å². The number of carbonyl (C=O) groups excluding carboxylic acids is 2. The molecule has 176 valence electrons. The van der Waals surface area contributed by atoms with Crippen molar-refractivity contribution in [2.24, 2.45) is 0 Å². The largest absolute Gasteiger partial charge is 0.511 e. The van der Waals surface area contributed by atoms with Gasteiger partial charge in [-0.1, -0.05) is 11.6 Å². The van der Waals surface area contributed by atoms with Crippen molar-refractivity contribution < 1.29 is 51.6 Å². The van der Waals surface area contributed by atoms with Crippen LogP contribution in [0, 0.1) is 17.0 Å². The van der Waals surface area contributed by atoms with E-state index >= 15 is 0 Å². The number of hydrogen-bond donors (Lipinski definition) is 0. The molecule has 0 aliphatic carbocycles. The number of halogens is 4. The minimum atomic E-state index is -4.94. The van der Waals surface area contributed by atoms with Gasteiger partial charge in [0.25, 0.3) is 5.09 Å². The minimum absolute atomic E-state index is 0.0247. The summed E-state index contributed by atoms with van der Waals surface area (Å²) in [7, 11) is 0. The second-order valence-corrected chi connectivity index (χ2v) is 6.82. The van der Waals surface area contributed by atoms with E-state index in [0.29, 0.717) is 5.56 Å². The topological polar surface area (TPSA) is 123 Å². The number of hydrogen-bond acceptors (Lipinski definition) is 9. The van der Waals surface area contributed by atoms with Crippen LogP contribution in [-0.4, -0.2) is 49.0 Å². The van der Waals surface area contributed by atoms with Gasteiger partial charge in [-0.05, 0) is 30.7 Å². The lowest BCUT2D eigenvalue weighted by Gasteiger charge is -2.29. The van der Waals surface area contributed by atoms with E-state index in [2.05, 4.69) is 14.3 Å². The molecule has 1 aliphatic rings. The van der Waals surface area contributed by atoms with Crippen molar-refractivity contribution >= 4 is 29.8 Å². The van der Waals surface area contributed by atoms with Crippen molar-refractivity contribution in [3.8, 4) is 5.75 Å². The predicted molar refractivity (Wildman–Crippen MR) is 100 cm³/mol. The first kappa shape index (κ1) is 25.0. The summed E-state index contributed by atoms with van der Waals surface area (Å²) in [6.45, 7) is 1.94. The van der Waals surface area contributed by atoms with Crippen LogP contribution in [0.3, 0.4) is 0 Å². The highest BCUT2D eigenvalue weighted by atomic mass is 35.5. The average Bonchev–Trinajstić information content (AvgIpc) is 2.65. The highest BCUT2D eigenvalue weighted by Gasteiger charge is 2.49. The smallest absolute Gasteiger partial charge is 0.475 e. The lowest BCUT2D eigenvalue weighted by Crippen LogP contribution is -2.41. The molecule has 1 aliphatic heterocycles. The number of alkyl halides is 3. The zero-order valence-corrected chi connectivity index (χ0v) is 17.4. The average molecular weight is 484 g/mol. The minimum Gasteiger partial charge on any atom is -0.475 e. The summed E-state index contributed by atoms with van der Waals surface area (Å²) in [6, 6.07) is 2.74. The maximum absolute atomic E-state index is 13.5. The van der Waals surface area contributed by atoms with Crippen LogP contribution in [0.25, 0.3) is 6.08 Å². The summed E-state index contributed by atoms with van der Waals surface area (Å²) >= 11 is 5.92. The molecule has 1 heterocycles. The van der Waals surface area contributed by atoms with Crippen molar-refractivity contribution in [3.05, 3.63) is 44.0 Å². The van der Waals surface area contributed by atoms with Crippen molar-refractivity contribution in [1.82, 2.24) is 0 Å². The van der Waals surface area contributed by atoms with Gasteiger partial charge in [0.05, 0.1) is 18.8 Å². The SMILES string of the molecule is Cc1cc(Cl)cc2c1O[C@H](C(F)(F)F)C(C(=O)OC(C)OC(=O)OCCCO[N+](=O)[O-])=C2. The first-order chi connectivity index (χ1) is 14.9. The number of carbonyl (C=O) groups is 2. The van der Waals surface area contributed by atoms with Gasteiger partial charge in [-0.3, -0.25) is 0 Å². The quantitative estimate of drug-likeness (QED) is 0.177. The molecule has 10 nitrogen and oxygen atoms in total. The Bertz CT molecular complexity index is 920. The van der Waals surface area contributed by atoms with Crippen molar-refractivity contribution in [1.29, 1.82) is 0 Å². The molecule has 0 amide bonds. The van der Waals surface area contributed by atoms with Crippen LogP contribution in [0.2, 0.25) is 5.02 Å². The molecular formula is C18H17ClF3NO9. The molecule has 0 spiro atoms. The van der Waals surface area contributed by atoms with Gasteiger partial charge in [0.1, 0.15) is 5.75 Å². The summed E-state index contributed by atoms with van der Waals surface area (Å²) in [5, 5.41) is 9.18. The molecule has 0 saturated heterocycles. The molecular weight excluding hydrogens is 467 g/mol. The predicted octanol–water partition coefficient (Wildman–Crippen LogP) is 4.00. The van der Waals surface area contributed by atoms with Crippen LogP contribution in [0.15, 0.2) is 17.7 Å². The summed E-state index contributed by atoms with van der Waals surface area (Å²) in [4.78, 5) is 37.9. The van der Waals surface area contributed by atoms with E-state index in [1.54, 1.807) is 0 Å². The van der Waals surface area contributed by atoms with Crippen molar-refractivity contribution in [2.45, 2.75) is 38.8 Å². The highest BCUT2D eigenvalue weighted by molar-refractivity contribution is 6.30. The fraction of sp³-hybridized carbons (Fsp3) is 0.444. The fourth-order valence-corrected chi connectivity index (χ4v) is 2.90. The van der Waals surface area contributed by atoms with Crippen LogP contribution in [0.4, 0.5) is 18.0 Å². The number of fused-ring (bicyclic) bond motifs is 1. The number of aryl methyl sites for hydroxylation is 1. The highest BCUT2D eigenvalue weighted by Crippen LogP contribution is 2.40. The van der Waals surface area contributed by atoms with E-state index < -0.39 is 41.4 Å². The normalized spacial score (nSPS) is 16.1. The van der Waals surface area contributed by atoms with E-state index in [1.807, 2.05) is 0 Å². The van der Waals surface area contributed by atoms with Crippen LogP contribution in [0.1, 0.15) is 24.5 Å². The monoisotopic (exact) mass is 483 g/mol. The number of ether oxygens (including phenoxy) is 4. The third kappa shape index (κ3) is 6.90. The molecule has 32 heavy (non-hydrogen) atoms. The Morgan fingerprint density at radius 1 is 1.28 bits per heavy atom. The van der Waals surface area contributed by atoms with Gasteiger partial charge >= 0.3 is 18.3 Å². The Hall–Kier alpha value is -3.22. The molecule has 0 saturated carbocycles. The van der Waals surface area contributed by atoms with Crippen molar-refractivity contribution in [2.75, 3.05) is 13.2 Å². The first-order valence-electron chi connectivity index (χ1n) is 8.95. The van der Waals surface area contributed by atoms with Crippen LogP contribution >= 0.6 is 11.6 Å². The van der Waals surface area contributed by atoms with Gasteiger partial charge in [0.15, 0.2) is 0 Å². The van der Waals surface area contributed by atoms with E-state index in [0.717, 1.165) is 13.0 Å². The lowest BCUT2D eigenvalue weighted by molar-refractivity contribution is -0.757. The summed E-state index contributed by atoms with van der Waals surface area (Å²) in [6.07, 6.45) is -9.55. The Morgan fingerprint density at radius 3 is 2.59 bits per heavy atom. The van der Waals surface area contributed by atoms with Gasteiger partial charge in [0, 0.05) is 23.9 Å². The molecule has 2 rings (SSSR count). The lowest BCUT2D eigenvalue weighted by atomic mass is 9.99. The number of nitrogens with zero attached hydrogens (tertiary/aromatic N) is 1. The molecule has 2 atom stereocenters. The molecule has 0 bridgehead atoms. The van der Waals surface area contributed by atoms with E-state index in [9.17, 15) is 32.9 Å². The number of esters is 1. The zero-order chi connectivity index (χ0) is 24.1. The standard InChI is InChI=1S/C18H17ClF3NO9/c1-9-6-12(19)7-11-8-13(15(18(20,21)22)32-14(9)11)16(24)30-10(2)31-17(25)28-4-3-5-29-23(26)27/h6-8,10,15H,3-5H2,1-2H3/t10?,15-/m0/s1. The van der Waals surface area contributed by atoms with Gasteiger partial charge in [-0.2, -0.15) is 13.2 Å². The van der Waals surface area contributed by atoms with Gasteiger partial charge in [0.2, 0.25) is 12.4 Å². The van der Waals surface area contributed by atoms with Gasteiger partial charge in [-0.25, -0.2) is 9.59 Å². The molecule has 0 aromatic heterocycles. The summed E-state index contributed by atoms with van der Waals surface area (Å²) in [5.74, 6) is -1.52. The van der Waals surface area contributed by atoms with E-state index in [1.165, 1.54) is 19.1 Å². The zero-order valence-electron chi connectivity index (χ0n) is 16.6. The molecule has 0 N–H and O–H groups in total. The second kappa shape index (κ2) is 10.4. The molecule has 1 unspecified atom stereocenters. The molecule has 14 heteroatoms. The first-order valence-corrected chi connectivity index (χ1v) is 9.33. The van der Waals surface area contributed by atoms with Crippen LogP contribution in [-0.2, 0) is 23.8 Å². The maximum atomic E-state index is 13.5. The number of benzene rings is 1. The third-order valence-corrected chi connectivity index (χ3v) is 4.09. The Kier molecular flexibility index (Phi) is 8.14. The molecule has 0 fully saturated rings. The summed E-state index contributed by atoms with van der Waals surface area (Å²) in [5.41, 5.74) is -0.381. The Morgan fingerprint density at radius 2 is 1.97 bits per heavy atom. The third-order valence-electron chi connectivity index (χ3n) is 3.87. The van der Waals surface area contributed by atoms with E-state index in [-0.39, 0.29) is 36.0 Å². The van der Waals surface area contributed by atoms with Gasteiger partial charge < -0.3 is 23.8 Å². The molecule has 1 aromatic carbocycles. The molecule has 0 radical (unpaired) electrons. The van der Waals surface area contributed by atoms with Crippen LogP contribution < -0.4 is 4.74 Å². The second-order valence-electron chi connectivity index (χ2n) is 6.38. The number of rotatable bonds is 8. The van der Waals surface area contributed by atoms with Crippen LogP contribution in [0.5, 0.6) is 5.75 Å². The maximum Gasteiger partial charge on any atom is 0.511 e. The summed E-state index contributed by atoms with van der Waals surface area (Å²) < 4.78 is 59.5. The van der Waals surface area contributed by atoms with Crippen molar-refractivity contribution in [3.63, 3.8) is 0 Å². The fourth-order valence-electron chi connectivity index (χ4n) is 2.62.